The van der Waals surface area contributed by atoms with Crippen LogP contribution in [0.3, 0.4) is 0 Å². The Morgan fingerprint density at radius 3 is 2.00 bits per heavy atom. The molecule has 0 radical (unpaired) electrons. The largest absolute Gasteiger partial charge is 0.457 e. The number of fused-ring (bicyclic) bond motifs is 4. The highest BCUT2D eigenvalue weighted by molar-refractivity contribution is 7.21. The molecule has 0 aliphatic carbocycles. The van der Waals surface area contributed by atoms with Crippen LogP contribution < -0.4 is 35.4 Å². The minimum atomic E-state index is -2.66. The van der Waals surface area contributed by atoms with Crippen LogP contribution >= 0.6 is 0 Å². The summed E-state index contributed by atoms with van der Waals surface area (Å²) in [5.41, 5.74) is 6.17. The Kier molecular flexibility index (Phi) is 5.72. The van der Waals surface area contributed by atoms with E-state index in [1.54, 1.807) is 0 Å². The first-order valence-corrected chi connectivity index (χ1v) is 16.3. The number of ether oxygens (including phenoxy) is 1. The highest BCUT2D eigenvalue weighted by atomic mass is 28.3. The molecule has 0 saturated heterocycles. The second-order valence-corrected chi connectivity index (χ2v) is 14.6. The molecule has 42 heavy (non-hydrogen) atoms. The van der Waals surface area contributed by atoms with E-state index in [0.29, 0.717) is 0 Å². The van der Waals surface area contributed by atoms with Crippen LogP contribution in [0.1, 0.15) is 0 Å². The average molecular weight is 560 g/mol. The van der Waals surface area contributed by atoms with Crippen LogP contribution in [0.2, 0.25) is 0 Å². The van der Waals surface area contributed by atoms with Gasteiger partial charge in [-0.1, -0.05) is 84.9 Å². The first-order valence-electron chi connectivity index (χ1n) is 14.3. The first kappa shape index (κ1) is 24.6. The van der Waals surface area contributed by atoms with E-state index < -0.39 is 8.07 Å². The lowest BCUT2D eigenvalue weighted by Gasteiger charge is -2.30. The lowest BCUT2D eigenvalue weighted by molar-refractivity contribution is 0.483. The summed E-state index contributed by atoms with van der Waals surface area (Å²) < 4.78 is 6.61. The zero-order valence-corrected chi connectivity index (χ0v) is 24.3. The van der Waals surface area contributed by atoms with Gasteiger partial charge in [0.05, 0.1) is 18.0 Å². The number of anilines is 3. The van der Waals surface area contributed by atoms with Gasteiger partial charge in [0.25, 0.3) is 0 Å². The predicted octanol–water partition coefficient (Wildman–Crippen LogP) is 5.78. The second-order valence-electron chi connectivity index (χ2n) is 10.9. The van der Waals surface area contributed by atoms with Gasteiger partial charge in [-0.3, -0.25) is 4.98 Å². The van der Waals surface area contributed by atoms with Crippen molar-refractivity contribution in [3.8, 4) is 22.6 Å². The van der Waals surface area contributed by atoms with Crippen molar-refractivity contribution in [2.24, 2.45) is 0 Å². The third-order valence-corrected chi connectivity index (χ3v) is 13.3. The summed E-state index contributed by atoms with van der Waals surface area (Å²) in [6.07, 6.45) is 1.92. The standard InChI is InChI=1S/C37H29N3OSi/c1-39-26-40(34-19-5-4-18-33(34)39)27-12-10-13-28(24-27)41-29-14-11-15-30(25-29)42(37-22-8-9-23-38-37)35-20-6-2-16-31(35)32-17-3-7-21-36(32)42/h2-25H,26H2,1H3. The number of benzene rings is 5. The molecular formula is C37H29N3OSi. The fourth-order valence-corrected chi connectivity index (χ4v) is 11.8. The summed E-state index contributed by atoms with van der Waals surface area (Å²) >= 11 is 0. The molecular weight excluding hydrogens is 531 g/mol. The zero-order chi connectivity index (χ0) is 28.1. The monoisotopic (exact) mass is 559 g/mol. The van der Waals surface area contributed by atoms with Gasteiger partial charge in [0.2, 0.25) is 8.07 Å². The molecule has 202 valence electrons. The number of nitrogens with zero attached hydrogens (tertiary/aromatic N) is 3. The molecule has 0 unspecified atom stereocenters. The van der Waals surface area contributed by atoms with Crippen LogP contribution in [0.5, 0.6) is 11.5 Å². The molecule has 0 N–H and O–H groups in total. The van der Waals surface area contributed by atoms with E-state index in [-0.39, 0.29) is 0 Å². The molecule has 6 aromatic rings. The average Bonchev–Trinajstić information content (AvgIpc) is 3.55. The van der Waals surface area contributed by atoms with E-state index in [4.69, 9.17) is 9.72 Å². The molecule has 4 nitrogen and oxygen atoms in total. The van der Waals surface area contributed by atoms with Crippen LogP contribution in [0.25, 0.3) is 11.1 Å². The van der Waals surface area contributed by atoms with E-state index in [0.717, 1.165) is 29.2 Å². The Hall–Kier alpha value is -5.13. The van der Waals surface area contributed by atoms with Crippen molar-refractivity contribution in [3.05, 3.63) is 146 Å². The molecule has 0 atom stereocenters. The molecule has 2 aliphatic heterocycles. The molecule has 1 aromatic heterocycles. The van der Waals surface area contributed by atoms with Gasteiger partial charge in [-0.2, -0.15) is 0 Å². The van der Waals surface area contributed by atoms with Gasteiger partial charge in [-0.05, 0) is 75.2 Å². The number of hydrogen-bond acceptors (Lipinski definition) is 4. The van der Waals surface area contributed by atoms with Crippen LogP contribution in [0.4, 0.5) is 17.1 Å². The van der Waals surface area contributed by atoms with Crippen molar-refractivity contribution in [1.82, 2.24) is 4.98 Å². The van der Waals surface area contributed by atoms with Gasteiger partial charge in [0, 0.05) is 30.3 Å². The van der Waals surface area contributed by atoms with Gasteiger partial charge in [0.1, 0.15) is 11.5 Å². The van der Waals surface area contributed by atoms with Gasteiger partial charge >= 0.3 is 0 Å². The zero-order valence-electron chi connectivity index (χ0n) is 23.3. The normalized spacial score (nSPS) is 14.3. The molecule has 5 heteroatoms. The van der Waals surface area contributed by atoms with Crippen LogP contribution in [-0.4, -0.2) is 26.8 Å². The van der Waals surface area contributed by atoms with Crippen LogP contribution in [0.15, 0.2) is 146 Å². The third kappa shape index (κ3) is 3.71. The quantitative estimate of drug-likeness (QED) is 0.250. The maximum absolute atomic E-state index is 6.61. The number of para-hydroxylation sites is 2. The van der Waals surface area contributed by atoms with Gasteiger partial charge in [-0.15, -0.1) is 0 Å². The van der Waals surface area contributed by atoms with Gasteiger partial charge < -0.3 is 14.5 Å². The molecule has 8 rings (SSSR count). The molecule has 5 aromatic carbocycles. The Morgan fingerprint density at radius 2 is 1.26 bits per heavy atom. The number of hydrogen-bond donors (Lipinski definition) is 0. The highest BCUT2D eigenvalue weighted by Gasteiger charge is 2.49. The lowest BCUT2D eigenvalue weighted by atomic mass is 10.1. The number of rotatable bonds is 5. The van der Waals surface area contributed by atoms with Crippen molar-refractivity contribution >= 4 is 46.0 Å². The summed E-state index contributed by atoms with van der Waals surface area (Å²) in [5, 5.41) is 5.16. The fourth-order valence-electron chi connectivity index (χ4n) is 6.80. The summed E-state index contributed by atoms with van der Waals surface area (Å²) in [7, 11) is -0.529. The summed E-state index contributed by atoms with van der Waals surface area (Å²) in [6.45, 7) is 0.801. The van der Waals surface area contributed by atoms with Crippen LogP contribution in [-0.2, 0) is 0 Å². The highest BCUT2D eigenvalue weighted by Crippen LogP contribution is 2.40. The Morgan fingerprint density at radius 1 is 0.619 bits per heavy atom. The summed E-state index contributed by atoms with van der Waals surface area (Å²) in [5.74, 6) is 1.64. The van der Waals surface area contributed by atoms with Gasteiger partial charge in [0.15, 0.2) is 0 Å². The SMILES string of the molecule is CN1CN(c2cccc(Oc3cccc([Si]4(c5ccccn5)c5ccccc5-c5ccccc54)c3)c2)c2ccccc21. The molecule has 2 aliphatic rings. The maximum atomic E-state index is 6.61. The minimum absolute atomic E-state index is 0.801. The second kappa shape index (κ2) is 9.75. The van der Waals surface area contributed by atoms with Crippen molar-refractivity contribution in [2.75, 3.05) is 23.5 Å². The van der Waals surface area contributed by atoms with E-state index in [2.05, 4.69) is 144 Å². The van der Waals surface area contributed by atoms with Gasteiger partial charge in [-0.25, -0.2) is 0 Å². The lowest BCUT2D eigenvalue weighted by Crippen LogP contribution is -2.73. The Balaban J connectivity index is 1.22. The van der Waals surface area contributed by atoms with Crippen molar-refractivity contribution in [3.63, 3.8) is 0 Å². The van der Waals surface area contributed by atoms with E-state index >= 15 is 0 Å². The maximum Gasteiger partial charge on any atom is 0.203 e. The minimum Gasteiger partial charge on any atom is -0.457 e. The summed E-state index contributed by atoms with van der Waals surface area (Å²) in [6, 6.07) is 49.6. The topological polar surface area (TPSA) is 28.6 Å². The van der Waals surface area contributed by atoms with Crippen molar-refractivity contribution in [1.29, 1.82) is 0 Å². The number of pyridine rings is 1. The molecule has 0 bridgehead atoms. The Labute approximate surface area is 247 Å². The molecule has 0 fully saturated rings. The van der Waals surface area contributed by atoms with E-state index in [1.807, 2.05) is 18.3 Å². The molecule has 0 amide bonds. The summed E-state index contributed by atoms with van der Waals surface area (Å²) in [4.78, 5) is 9.61. The predicted molar refractivity (Wildman–Crippen MR) is 175 cm³/mol. The van der Waals surface area contributed by atoms with Crippen molar-refractivity contribution < 1.29 is 4.74 Å². The molecule has 0 spiro atoms. The smallest absolute Gasteiger partial charge is 0.203 e. The Bertz CT molecular complexity index is 1890. The molecule has 3 heterocycles. The molecule has 0 saturated carbocycles. The number of aromatic nitrogens is 1. The fraction of sp³-hybridized carbons (Fsp3) is 0.0541. The third-order valence-electron chi connectivity index (χ3n) is 8.57. The van der Waals surface area contributed by atoms with Crippen molar-refractivity contribution in [2.45, 2.75) is 0 Å². The van der Waals surface area contributed by atoms with Crippen LogP contribution in [0, 0.1) is 0 Å². The van der Waals surface area contributed by atoms with E-state index in [9.17, 15) is 0 Å². The van der Waals surface area contributed by atoms with E-state index in [1.165, 1.54) is 38.1 Å². The first-order chi connectivity index (χ1) is 20.7.